The molecular weight excluding hydrogens is 417 g/mol. The maximum Gasteiger partial charge on any atom is 0.238 e. The maximum absolute atomic E-state index is 13.0. The van der Waals surface area contributed by atoms with Gasteiger partial charge in [0.1, 0.15) is 23.9 Å². The topological polar surface area (TPSA) is 82.7 Å². The third-order valence-corrected chi connectivity index (χ3v) is 6.04. The number of aromatic nitrogens is 6. The number of imidazole rings is 1. The highest BCUT2D eigenvalue weighted by Gasteiger charge is 2.23. The second-order valence-corrected chi connectivity index (χ2v) is 8.21. The van der Waals surface area contributed by atoms with Crippen LogP contribution in [0.15, 0.2) is 30.0 Å². The summed E-state index contributed by atoms with van der Waals surface area (Å²) in [6.07, 6.45) is 6.63. The van der Waals surface area contributed by atoms with Crippen LogP contribution in [0.25, 0.3) is 17.1 Å². The molecule has 160 valence electrons. The molecule has 4 aromatic heterocycles. The number of alkyl halides is 1. The van der Waals surface area contributed by atoms with Gasteiger partial charge < -0.3 is 14.6 Å². The summed E-state index contributed by atoms with van der Waals surface area (Å²) in [5.74, 6) is 1.35. The predicted molar refractivity (Wildman–Crippen MR) is 117 cm³/mol. The van der Waals surface area contributed by atoms with Crippen LogP contribution in [-0.2, 0) is 19.4 Å². The molecule has 10 heteroatoms. The quantitative estimate of drug-likeness (QED) is 0.467. The van der Waals surface area contributed by atoms with Gasteiger partial charge in [0.2, 0.25) is 5.88 Å². The smallest absolute Gasteiger partial charge is 0.238 e. The Balaban J connectivity index is 1.43. The molecule has 0 unspecified atom stereocenters. The van der Waals surface area contributed by atoms with Gasteiger partial charge in [0, 0.05) is 17.1 Å². The Bertz CT molecular complexity index is 1230. The number of pyridine rings is 1. The summed E-state index contributed by atoms with van der Waals surface area (Å²) in [5, 5.41) is 10.6. The van der Waals surface area contributed by atoms with E-state index in [0.717, 1.165) is 53.0 Å². The first-order chi connectivity index (χ1) is 15.2. The SMILES string of the molecule is COc1nc(-c2csc(Nc3c4c(nn3CCF)CCC4)n2)ccc1-n1cnc(C)c1. The van der Waals surface area contributed by atoms with Crippen molar-refractivity contribution in [1.29, 1.82) is 0 Å². The number of ether oxygens (including phenoxy) is 1. The monoisotopic (exact) mass is 439 g/mol. The van der Waals surface area contributed by atoms with Crippen molar-refractivity contribution in [3.63, 3.8) is 0 Å². The number of anilines is 2. The van der Waals surface area contributed by atoms with E-state index >= 15 is 0 Å². The number of hydrogen-bond acceptors (Lipinski definition) is 7. The molecule has 0 saturated heterocycles. The van der Waals surface area contributed by atoms with E-state index in [9.17, 15) is 4.39 Å². The highest BCUT2D eigenvalue weighted by molar-refractivity contribution is 7.14. The lowest BCUT2D eigenvalue weighted by Gasteiger charge is -2.09. The second-order valence-electron chi connectivity index (χ2n) is 7.35. The number of fused-ring (bicyclic) bond motifs is 1. The van der Waals surface area contributed by atoms with Gasteiger partial charge in [-0.15, -0.1) is 11.3 Å². The Morgan fingerprint density at radius 2 is 2.13 bits per heavy atom. The summed E-state index contributed by atoms with van der Waals surface area (Å²) in [6, 6.07) is 3.86. The van der Waals surface area contributed by atoms with Crippen LogP contribution in [0.1, 0.15) is 23.4 Å². The molecule has 0 amide bonds. The van der Waals surface area contributed by atoms with E-state index in [4.69, 9.17) is 9.72 Å². The van der Waals surface area contributed by atoms with Gasteiger partial charge in [-0.25, -0.2) is 24.0 Å². The van der Waals surface area contributed by atoms with Crippen LogP contribution in [0.5, 0.6) is 5.88 Å². The molecule has 0 saturated carbocycles. The summed E-state index contributed by atoms with van der Waals surface area (Å²) in [5.41, 5.74) is 5.41. The van der Waals surface area contributed by atoms with Crippen LogP contribution >= 0.6 is 11.3 Å². The van der Waals surface area contributed by atoms with Crippen molar-refractivity contribution < 1.29 is 9.13 Å². The summed E-state index contributed by atoms with van der Waals surface area (Å²) in [4.78, 5) is 13.6. The summed E-state index contributed by atoms with van der Waals surface area (Å²) in [6.45, 7) is 1.72. The summed E-state index contributed by atoms with van der Waals surface area (Å²) < 4.78 is 22.1. The van der Waals surface area contributed by atoms with Crippen molar-refractivity contribution in [2.24, 2.45) is 0 Å². The highest BCUT2D eigenvalue weighted by atomic mass is 32.1. The minimum atomic E-state index is -0.454. The van der Waals surface area contributed by atoms with E-state index < -0.39 is 6.67 Å². The number of hydrogen-bond donors (Lipinski definition) is 1. The number of thiazole rings is 1. The first-order valence-corrected chi connectivity index (χ1v) is 11.0. The van der Waals surface area contributed by atoms with Gasteiger partial charge in [-0.3, -0.25) is 0 Å². The molecule has 0 radical (unpaired) electrons. The fraction of sp³-hybridized carbons (Fsp3) is 0.333. The normalized spacial score (nSPS) is 12.9. The van der Waals surface area contributed by atoms with E-state index in [2.05, 4.69) is 20.4 Å². The Hall–Kier alpha value is -3.27. The molecule has 31 heavy (non-hydrogen) atoms. The highest BCUT2D eigenvalue weighted by Crippen LogP contribution is 2.34. The molecule has 0 fully saturated rings. The summed E-state index contributed by atoms with van der Waals surface area (Å²) >= 11 is 1.48. The van der Waals surface area contributed by atoms with Crippen molar-refractivity contribution in [2.75, 3.05) is 19.1 Å². The van der Waals surface area contributed by atoms with Crippen molar-refractivity contribution in [3.8, 4) is 23.0 Å². The zero-order valence-electron chi connectivity index (χ0n) is 17.3. The van der Waals surface area contributed by atoms with E-state index in [-0.39, 0.29) is 6.54 Å². The third kappa shape index (κ3) is 3.67. The summed E-state index contributed by atoms with van der Waals surface area (Å²) in [7, 11) is 1.60. The third-order valence-electron chi connectivity index (χ3n) is 5.29. The van der Waals surface area contributed by atoms with Gasteiger partial charge >= 0.3 is 0 Å². The minimum absolute atomic E-state index is 0.238. The molecule has 4 aromatic rings. The van der Waals surface area contributed by atoms with Crippen molar-refractivity contribution in [1.82, 2.24) is 29.3 Å². The molecule has 1 N–H and O–H groups in total. The number of methoxy groups -OCH3 is 1. The molecule has 0 atom stereocenters. The van der Waals surface area contributed by atoms with Gasteiger partial charge in [-0.1, -0.05) is 0 Å². The molecule has 1 aliphatic carbocycles. The largest absolute Gasteiger partial charge is 0.479 e. The van der Waals surface area contributed by atoms with Crippen LogP contribution in [0.4, 0.5) is 15.3 Å². The van der Waals surface area contributed by atoms with Crippen molar-refractivity contribution in [2.45, 2.75) is 32.7 Å². The second kappa shape index (κ2) is 8.10. The Morgan fingerprint density at radius 1 is 1.23 bits per heavy atom. The number of aryl methyl sites for hydroxylation is 3. The fourth-order valence-electron chi connectivity index (χ4n) is 3.85. The average molecular weight is 440 g/mol. The lowest BCUT2D eigenvalue weighted by molar-refractivity contribution is 0.396. The number of nitrogens with zero attached hydrogens (tertiary/aromatic N) is 6. The lowest BCUT2D eigenvalue weighted by Crippen LogP contribution is -2.08. The molecule has 0 spiro atoms. The molecular formula is C21H22FN7OS. The van der Waals surface area contributed by atoms with Crippen molar-refractivity contribution >= 4 is 22.3 Å². The molecule has 5 rings (SSSR count). The molecule has 0 aromatic carbocycles. The first-order valence-electron chi connectivity index (χ1n) is 10.1. The molecule has 4 heterocycles. The average Bonchev–Trinajstić information content (AvgIpc) is 3.55. The van der Waals surface area contributed by atoms with Crippen molar-refractivity contribution in [3.05, 3.63) is 47.0 Å². The van der Waals surface area contributed by atoms with E-state index in [1.54, 1.807) is 18.1 Å². The van der Waals surface area contributed by atoms with Gasteiger partial charge in [-0.05, 0) is 38.3 Å². The molecule has 0 bridgehead atoms. The van der Waals surface area contributed by atoms with Crippen LogP contribution in [0.2, 0.25) is 0 Å². The zero-order chi connectivity index (χ0) is 21.4. The van der Waals surface area contributed by atoms with Gasteiger partial charge in [0.05, 0.1) is 37.1 Å². The standard InChI is InChI=1S/C21H22FN7OS/c1-13-10-28(12-23-13)18-7-6-16(24-20(18)30-2)17-11-31-21(25-17)26-19-14-4-3-5-15(14)27-29(19)9-8-22/h6-7,10-12H,3-5,8-9H2,1-2H3,(H,25,26). The fourth-order valence-corrected chi connectivity index (χ4v) is 4.56. The zero-order valence-corrected chi connectivity index (χ0v) is 18.1. The van der Waals surface area contributed by atoms with E-state index in [1.807, 2.05) is 35.2 Å². The Kier molecular flexibility index (Phi) is 5.14. The van der Waals surface area contributed by atoms with E-state index in [0.29, 0.717) is 11.6 Å². The number of nitrogens with one attached hydrogen (secondary N) is 1. The Morgan fingerprint density at radius 3 is 2.90 bits per heavy atom. The molecule has 1 aliphatic rings. The Labute approximate surface area is 182 Å². The van der Waals surface area contributed by atoms with Gasteiger partial charge in [0.15, 0.2) is 5.13 Å². The first kappa shape index (κ1) is 19.7. The lowest BCUT2D eigenvalue weighted by atomic mass is 10.2. The number of halogens is 1. The molecule has 0 aliphatic heterocycles. The maximum atomic E-state index is 13.0. The van der Waals surface area contributed by atoms with E-state index in [1.165, 1.54) is 16.9 Å². The molecule has 8 nitrogen and oxygen atoms in total. The van der Waals surface area contributed by atoms with Crippen LogP contribution in [-0.4, -0.2) is 43.1 Å². The van der Waals surface area contributed by atoms with Gasteiger partial charge in [0.25, 0.3) is 0 Å². The minimum Gasteiger partial charge on any atom is -0.479 e. The predicted octanol–water partition coefficient (Wildman–Crippen LogP) is 4.11. The van der Waals surface area contributed by atoms with Gasteiger partial charge in [-0.2, -0.15) is 5.10 Å². The van der Waals surface area contributed by atoms with Crippen LogP contribution in [0.3, 0.4) is 0 Å². The number of rotatable bonds is 7. The van der Waals surface area contributed by atoms with Crippen LogP contribution in [0, 0.1) is 6.92 Å². The van der Waals surface area contributed by atoms with Crippen LogP contribution < -0.4 is 10.1 Å².